The molecule has 0 saturated carbocycles. The second-order valence-electron chi connectivity index (χ2n) is 3.80. The first-order chi connectivity index (χ1) is 7.37. The van der Waals surface area contributed by atoms with Crippen molar-refractivity contribution in [3.63, 3.8) is 0 Å². The minimum atomic E-state index is -3.55. The van der Waals surface area contributed by atoms with Gasteiger partial charge in [-0.05, 0) is 33.0 Å². The zero-order valence-corrected chi connectivity index (χ0v) is 10.7. The van der Waals surface area contributed by atoms with Gasteiger partial charge in [-0.25, -0.2) is 17.9 Å². The Balaban J connectivity index is 3.76. The smallest absolute Gasteiger partial charge is 0.325 e. The molecular formula is C9H21N3O3S. The van der Waals surface area contributed by atoms with Gasteiger partial charge in [-0.2, -0.15) is 0 Å². The molecule has 0 saturated heterocycles. The molecular weight excluding hydrogens is 230 g/mol. The van der Waals surface area contributed by atoms with Crippen molar-refractivity contribution in [3.05, 3.63) is 0 Å². The van der Waals surface area contributed by atoms with Crippen molar-refractivity contribution in [3.8, 4) is 0 Å². The molecule has 0 aliphatic carbocycles. The Hall–Kier alpha value is -0.820. The van der Waals surface area contributed by atoms with E-state index in [2.05, 4.69) is 11.8 Å². The summed E-state index contributed by atoms with van der Waals surface area (Å²) in [4.78, 5) is 12.4. The first-order valence-corrected chi connectivity index (χ1v) is 7.01. The van der Waals surface area contributed by atoms with Crippen molar-refractivity contribution in [2.24, 2.45) is 5.73 Å². The van der Waals surface area contributed by atoms with E-state index in [9.17, 15) is 13.2 Å². The van der Waals surface area contributed by atoms with E-state index >= 15 is 0 Å². The number of sulfonamides is 1. The van der Waals surface area contributed by atoms with E-state index in [1.807, 2.05) is 7.05 Å². The maximum absolute atomic E-state index is 11.2. The van der Waals surface area contributed by atoms with Gasteiger partial charge in [0.1, 0.15) is 0 Å². The number of unbranched alkanes of at least 4 members (excludes halogenated alkanes) is 1. The average Bonchev–Trinajstić information content (AvgIpc) is 2.12. The lowest BCUT2D eigenvalue weighted by atomic mass is 10.3. The summed E-state index contributed by atoms with van der Waals surface area (Å²) < 4.78 is 24.1. The molecule has 96 valence electrons. The molecule has 0 radical (unpaired) electrons. The van der Waals surface area contributed by atoms with Gasteiger partial charge in [0.05, 0.1) is 5.75 Å². The van der Waals surface area contributed by atoms with Crippen LogP contribution in [0.15, 0.2) is 0 Å². The molecule has 0 bridgehead atoms. The van der Waals surface area contributed by atoms with Crippen LogP contribution in [0.3, 0.4) is 0 Å². The predicted molar refractivity (Wildman–Crippen MR) is 63.5 cm³/mol. The first-order valence-electron chi connectivity index (χ1n) is 5.36. The van der Waals surface area contributed by atoms with Crippen LogP contribution in [-0.2, 0) is 10.0 Å². The van der Waals surface area contributed by atoms with Gasteiger partial charge in [-0.15, -0.1) is 0 Å². The van der Waals surface area contributed by atoms with Crippen molar-refractivity contribution >= 4 is 16.1 Å². The molecule has 0 unspecified atom stereocenters. The maximum atomic E-state index is 11.2. The summed E-state index contributed by atoms with van der Waals surface area (Å²) in [6.45, 7) is 3.76. The Morgan fingerprint density at radius 1 is 1.31 bits per heavy atom. The molecule has 6 nitrogen and oxygen atoms in total. The van der Waals surface area contributed by atoms with Crippen LogP contribution in [0.4, 0.5) is 4.79 Å². The highest BCUT2D eigenvalue weighted by Crippen LogP contribution is 1.95. The molecule has 7 heteroatoms. The number of rotatable bonds is 8. The summed E-state index contributed by atoms with van der Waals surface area (Å²) in [5, 5.41) is 0. The van der Waals surface area contributed by atoms with Gasteiger partial charge in [0.15, 0.2) is 0 Å². The maximum Gasteiger partial charge on any atom is 0.325 e. The molecule has 0 fully saturated rings. The van der Waals surface area contributed by atoms with E-state index in [4.69, 9.17) is 5.73 Å². The Morgan fingerprint density at radius 2 is 1.88 bits per heavy atom. The van der Waals surface area contributed by atoms with E-state index in [-0.39, 0.29) is 5.75 Å². The summed E-state index contributed by atoms with van der Waals surface area (Å²) in [5.41, 5.74) is 4.74. The Kier molecular flexibility index (Phi) is 7.07. The Morgan fingerprint density at radius 3 is 2.38 bits per heavy atom. The highest BCUT2D eigenvalue weighted by molar-refractivity contribution is 7.90. The van der Waals surface area contributed by atoms with Crippen molar-refractivity contribution in [1.82, 2.24) is 9.62 Å². The van der Waals surface area contributed by atoms with Crippen molar-refractivity contribution in [2.75, 3.05) is 25.9 Å². The lowest BCUT2D eigenvalue weighted by molar-refractivity contribution is 0.253. The van der Waals surface area contributed by atoms with Crippen LogP contribution in [0, 0.1) is 0 Å². The van der Waals surface area contributed by atoms with Crippen molar-refractivity contribution in [2.45, 2.75) is 26.2 Å². The monoisotopic (exact) mass is 251 g/mol. The molecule has 0 heterocycles. The van der Waals surface area contributed by atoms with E-state index in [1.54, 1.807) is 4.72 Å². The molecule has 0 spiro atoms. The fourth-order valence-electron chi connectivity index (χ4n) is 1.27. The van der Waals surface area contributed by atoms with E-state index in [1.165, 1.54) is 0 Å². The van der Waals surface area contributed by atoms with Gasteiger partial charge in [0.2, 0.25) is 10.0 Å². The number of carbonyl (C=O) groups excluding carboxylic acids is 1. The SMILES string of the molecule is CCCCN(C)CCCS(=O)(=O)NC(N)=O. The third-order valence-electron chi connectivity index (χ3n) is 2.10. The van der Waals surface area contributed by atoms with Gasteiger partial charge in [-0.3, -0.25) is 0 Å². The van der Waals surface area contributed by atoms with Gasteiger partial charge < -0.3 is 10.6 Å². The third kappa shape index (κ3) is 8.49. The lowest BCUT2D eigenvalue weighted by Gasteiger charge is -2.15. The first kappa shape index (κ1) is 15.2. The minimum absolute atomic E-state index is 0.0770. The number of nitrogens with one attached hydrogen (secondary N) is 1. The number of hydrogen-bond acceptors (Lipinski definition) is 4. The summed E-state index contributed by atoms with van der Waals surface area (Å²) in [6.07, 6.45) is 2.71. The highest BCUT2D eigenvalue weighted by Gasteiger charge is 2.12. The molecule has 0 rings (SSSR count). The van der Waals surface area contributed by atoms with Crippen LogP contribution < -0.4 is 10.5 Å². The van der Waals surface area contributed by atoms with Crippen LogP contribution in [0.5, 0.6) is 0 Å². The summed E-state index contributed by atoms with van der Waals surface area (Å²) in [6, 6.07) is -1.03. The van der Waals surface area contributed by atoms with E-state index < -0.39 is 16.1 Å². The number of amides is 2. The fourth-order valence-corrected chi connectivity index (χ4v) is 2.19. The standard InChI is InChI=1S/C9H21N3O3S/c1-3-4-6-12(2)7-5-8-16(14,15)11-9(10)13/h3-8H2,1-2H3,(H3,10,11,13). The van der Waals surface area contributed by atoms with E-state index in [0.717, 1.165) is 19.4 Å². The topological polar surface area (TPSA) is 92.5 Å². The highest BCUT2D eigenvalue weighted by atomic mass is 32.2. The predicted octanol–water partition coefficient (Wildman–Crippen LogP) is 0.107. The van der Waals surface area contributed by atoms with E-state index in [0.29, 0.717) is 13.0 Å². The molecule has 3 N–H and O–H groups in total. The van der Waals surface area contributed by atoms with Crippen LogP contribution >= 0.6 is 0 Å². The molecule has 0 aromatic rings. The minimum Gasteiger partial charge on any atom is -0.351 e. The third-order valence-corrected chi connectivity index (χ3v) is 3.44. The normalized spacial score (nSPS) is 11.7. The largest absolute Gasteiger partial charge is 0.351 e. The number of carbonyl (C=O) groups is 1. The number of hydrogen-bond donors (Lipinski definition) is 2. The quantitative estimate of drug-likeness (QED) is 0.640. The molecule has 0 atom stereocenters. The Bertz CT molecular complexity index is 303. The van der Waals surface area contributed by atoms with Crippen LogP contribution in [0.2, 0.25) is 0 Å². The number of primary amides is 1. The second-order valence-corrected chi connectivity index (χ2v) is 5.64. The van der Waals surface area contributed by atoms with Crippen LogP contribution in [0.25, 0.3) is 0 Å². The van der Waals surface area contributed by atoms with Gasteiger partial charge in [0, 0.05) is 0 Å². The number of nitrogens with two attached hydrogens (primary N) is 1. The second kappa shape index (κ2) is 7.45. The Labute approximate surface area is 97.2 Å². The fraction of sp³-hybridized carbons (Fsp3) is 0.889. The molecule has 0 aliphatic heterocycles. The lowest BCUT2D eigenvalue weighted by Crippen LogP contribution is -2.37. The molecule has 0 aliphatic rings. The van der Waals surface area contributed by atoms with Gasteiger partial charge >= 0.3 is 6.03 Å². The zero-order valence-electron chi connectivity index (χ0n) is 9.90. The zero-order chi connectivity index (χ0) is 12.6. The molecule has 16 heavy (non-hydrogen) atoms. The van der Waals surface area contributed by atoms with Crippen LogP contribution in [-0.4, -0.2) is 45.2 Å². The van der Waals surface area contributed by atoms with Crippen molar-refractivity contribution in [1.29, 1.82) is 0 Å². The van der Waals surface area contributed by atoms with Gasteiger partial charge in [-0.1, -0.05) is 13.3 Å². The summed E-state index contributed by atoms with van der Waals surface area (Å²) >= 11 is 0. The molecule has 2 amide bonds. The molecule has 0 aromatic heterocycles. The van der Waals surface area contributed by atoms with Gasteiger partial charge in [0.25, 0.3) is 0 Å². The average molecular weight is 251 g/mol. The van der Waals surface area contributed by atoms with Crippen molar-refractivity contribution < 1.29 is 13.2 Å². The molecule has 0 aromatic carbocycles. The summed E-state index contributed by atoms with van der Waals surface area (Å²) in [5.74, 6) is -0.0770. The number of urea groups is 1. The van der Waals surface area contributed by atoms with Crippen LogP contribution in [0.1, 0.15) is 26.2 Å². The summed E-state index contributed by atoms with van der Waals surface area (Å²) in [7, 11) is -1.60. The number of nitrogens with zero attached hydrogens (tertiary/aromatic N) is 1.